The zero-order valence-corrected chi connectivity index (χ0v) is 38.0. The summed E-state index contributed by atoms with van der Waals surface area (Å²) in [5, 5.41) is 27.4. The predicted octanol–water partition coefficient (Wildman–Crippen LogP) is 11.0. The van der Waals surface area contributed by atoms with Crippen molar-refractivity contribution in [1.82, 2.24) is 0 Å². The number of hydrogen-bond acceptors (Lipinski definition) is 10. The highest BCUT2D eigenvalue weighted by Gasteiger charge is 2.26. The molecule has 0 heterocycles. The van der Waals surface area contributed by atoms with Crippen LogP contribution in [0.2, 0.25) is 10.0 Å². The molecular formula is C46H42Cl4N8O6. The van der Waals surface area contributed by atoms with Gasteiger partial charge in [-0.15, -0.1) is 23.2 Å². The van der Waals surface area contributed by atoms with Crippen LogP contribution < -0.4 is 21.3 Å². The number of benzene rings is 5. The number of rotatable bonds is 18. The zero-order valence-electron chi connectivity index (χ0n) is 35.0. The van der Waals surface area contributed by atoms with Crippen molar-refractivity contribution in [2.75, 3.05) is 33.0 Å². The van der Waals surface area contributed by atoms with Gasteiger partial charge in [-0.25, -0.2) is 0 Å². The maximum absolute atomic E-state index is 13.4. The summed E-state index contributed by atoms with van der Waals surface area (Å²) in [5.74, 6) is -2.83. The fraction of sp³-hybridized carbons (Fsp3) is 0.217. The van der Waals surface area contributed by atoms with Gasteiger partial charge in [-0.3, -0.25) is 28.8 Å². The highest BCUT2D eigenvalue weighted by atomic mass is 35.5. The van der Waals surface area contributed by atoms with Gasteiger partial charge in [-0.1, -0.05) is 47.5 Å². The van der Waals surface area contributed by atoms with E-state index in [0.29, 0.717) is 52.8 Å². The molecule has 4 amide bonds. The molecule has 5 rings (SSSR count). The van der Waals surface area contributed by atoms with Gasteiger partial charge in [0.1, 0.15) is 0 Å². The average Bonchev–Trinajstić information content (AvgIpc) is 3.24. The summed E-state index contributed by atoms with van der Waals surface area (Å²) in [6.07, 6.45) is 1.37. The molecule has 2 unspecified atom stereocenters. The van der Waals surface area contributed by atoms with Crippen molar-refractivity contribution in [1.29, 1.82) is 0 Å². The van der Waals surface area contributed by atoms with E-state index in [1.165, 1.54) is 50.2 Å². The molecule has 0 fully saturated rings. The zero-order chi connectivity index (χ0) is 46.5. The van der Waals surface area contributed by atoms with Gasteiger partial charge >= 0.3 is 0 Å². The highest BCUT2D eigenvalue weighted by molar-refractivity contribution is 6.35. The fourth-order valence-electron chi connectivity index (χ4n) is 6.14. The molecule has 0 aliphatic carbocycles. The SMILES string of the molecule is CC(=O)C(N=Nc1ccc(Cl)c(C(=O)Nc2ccc(CCCl)cc2)c1)C(=O)Nc1cc(C)c(NC(=O)C(N=Nc2ccc(Cl)c(C(=O)Nc3ccc(CCCl)cc3)c2)C(C)=O)c(C)c1. The molecule has 2 atom stereocenters. The minimum atomic E-state index is -1.55. The fourth-order valence-corrected chi connectivity index (χ4v) is 6.99. The first-order chi connectivity index (χ1) is 30.6. The number of anilines is 4. The van der Waals surface area contributed by atoms with Crippen molar-refractivity contribution in [3.05, 3.63) is 140 Å². The number of azo groups is 2. The first kappa shape index (κ1) is 48.7. The van der Waals surface area contributed by atoms with Gasteiger partial charge in [-0.2, -0.15) is 20.5 Å². The predicted molar refractivity (Wildman–Crippen MR) is 252 cm³/mol. The first-order valence-corrected chi connectivity index (χ1v) is 21.5. The number of carbonyl (C=O) groups excluding carboxylic acids is 6. The minimum Gasteiger partial charge on any atom is -0.324 e. The molecule has 0 saturated heterocycles. The van der Waals surface area contributed by atoms with Gasteiger partial charge in [0.2, 0.25) is 12.1 Å². The van der Waals surface area contributed by atoms with Crippen molar-refractivity contribution in [3.63, 3.8) is 0 Å². The molecule has 0 saturated carbocycles. The molecule has 64 heavy (non-hydrogen) atoms. The molecule has 330 valence electrons. The van der Waals surface area contributed by atoms with Crippen LogP contribution in [0.1, 0.15) is 56.8 Å². The van der Waals surface area contributed by atoms with Crippen molar-refractivity contribution in [2.45, 2.75) is 52.6 Å². The lowest BCUT2D eigenvalue weighted by Crippen LogP contribution is -2.33. The summed E-state index contributed by atoms with van der Waals surface area (Å²) < 4.78 is 0. The number of alkyl halides is 2. The maximum Gasteiger partial charge on any atom is 0.258 e. The molecule has 0 spiro atoms. The van der Waals surface area contributed by atoms with Crippen LogP contribution in [0, 0.1) is 13.8 Å². The normalized spacial score (nSPS) is 12.1. The summed E-state index contributed by atoms with van der Waals surface area (Å²) in [7, 11) is 0. The van der Waals surface area contributed by atoms with Crippen LogP contribution in [0.5, 0.6) is 0 Å². The van der Waals surface area contributed by atoms with Gasteiger partial charge in [-0.05, 0) is 136 Å². The number of hydrogen-bond donors (Lipinski definition) is 4. The Balaban J connectivity index is 1.24. The van der Waals surface area contributed by atoms with E-state index in [1.807, 2.05) is 24.3 Å². The molecule has 0 bridgehead atoms. The van der Waals surface area contributed by atoms with E-state index in [-0.39, 0.29) is 38.2 Å². The second kappa shape index (κ2) is 22.9. The van der Waals surface area contributed by atoms with Crippen LogP contribution in [0.4, 0.5) is 34.1 Å². The van der Waals surface area contributed by atoms with E-state index in [9.17, 15) is 28.8 Å². The van der Waals surface area contributed by atoms with E-state index in [1.54, 1.807) is 50.2 Å². The number of aryl methyl sites for hydroxylation is 4. The minimum absolute atomic E-state index is 0.0984. The van der Waals surface area contributed by atoms with E-state index in [2.05, 4.69) is 41.7 Å². The van der Waals surface area contributed by atoms with Crippen LogP contribution in [-0.2, 0) is 32.0 Å². The largest absolute Gasteiger partial charge is 0.324 e. The van der Waals surface area contributed by atoms with Gasteiger partial charge < -0.3 is 21.3 Å². The second-order valence-electron chi connectivity index (χ2n) is 14.4. The summed E-state index contributed by atoms with van der Waals surface area (Å²) in [6, 6.07) is 23.1. The first-order valence-electron chi connectivity index (χ1n) is 19.6. The van der Waals surface area contributed by atoms with E-state index in [4.69, 9.17) is 46.4 Å². The number of amides is 4. The van der Waals surface area contributed by atoms with Crippen LogP contribution in [0.15, 0.2) is 118 Å². The Morgan fingerprint density at radius 2 is 0.906 bits per heavy atom. The van der Waals surface area contributed by atoms with Gasteiger partial charge in [0, 0.05) is 34.5 Å². The Bertz CT molecular complexity index is 2620. The molecule has 0 aliphatic rings. The van der Waals surface area contributed by atoms with Crippen LogP contribution in [0.3, 0.4) is 0 Å². The van der Waals surface area contributed by atoms with Gasteiger partial charge in [0.15, 0.2) is 11.6 Å². The topological polar surface area (TPSA) is 200 Å². The number of carbonyl (C=O) groups is 6. The number of nitrogens with one attached hydrogen (secondary N) is 4. The summed E-state index contributed by atoms with van der Waals surface area (Å²) in [6.45, 7) is 5.72. The van der Waals surface area contributed by atoms with Crippen molar-refractivity contribution >= 4 is 116 Å². The third kappa shape index (κ3) is 13.3. The summed E-state index contributed by atoms with van der Waals surface area (Å²) >= 11 is 24.3. The Morgan fingerprint density at radius 1 is 0.516 bits per heavy atom. The molecule has 0 radical (unpaired) electrons. The quantitative estimate of drug-likeness (QED) is 0.0382. The molecule has 5 aromatic carbocycles. The lowest BCUT2D eigenvalue weighted by atomic mass is 10.1. The smallest absolute Gasteiger partial charge is 0.258 e. The van der Waals surface area contributed by atoms with Crippen molar-refractivity contribution < 1.29 is 28.8 Å². The third-order valence-electron chi connectivity index (χ3n) is 9.47. The molecule has 5 aromatic rings. The summed E-state index contributed by atoms with van der Waals surface area (Å²) in [5.41, 5.74) is 5.29. The molecule has 14 nitrogen and oxygen atoms in total. The molecule has 0 aromatic heterocycles. The molecule has 0 aliphatic heterocycles. The standard InChI is InChI=1S/C46H42Cl4N8O6/c1-25-21-35(53-45(63)41(27(3)59)57-55-33-13-15-38(49)36(23-33)43(61)51-31-9-5-29(6-10-31)17-19-47)22-26(2)40(25)54-46(64)42(28(4)60)58-56-34-14-16-39(50)37(24-34)44(62)52-32-11-7-30(8-12-32)18-20-48/h5-16,21-24,41-42H,17-20H2,1-4H3,(H,51,61)(H,52,62)(H,53,63)(H,54,64). The molecule has 18 heteroatoms. The number of ketones is 2. The maximum atomic E-state index is 13.4. The molecular weight excluding hydrogens is 902 g/mol. The van der Waals surface area contributed by atoms with Crippen LogP contribution in [-0.4, -0.2) is 59.0 Å². The Kier molecular flexibility index (Phi) is 17.4. The van der Waals surface area contributed by atoms with Crippen LogP contribution in [0.25, 0.3) is 0 Å². The monoisotopic (exact) mass is 942 g/mol. The highest BCUT2D eigenvalue weighted by Crippen LogP contribution is 2.29. The molecule has 4 N–H and O–H groups in total. The Hall–Kier alpha value is -6.32. The Morgan fingerprint density at radius 3 is 1.28 bits per heavy atom. The van der Waals surface area contributed by atoms with Crippen molar-refractivity contribution in [3.8, 4) is 0 Å². The van der Waals surface area contributed by atoms with E-state index in [0.717, 1.165) is 11.1 Å². The number of nitrogens with zero attached hydrogens (tertiary/aromatic N) is 4. The van der Waals surface area contributed by atoms with Gasteiger partial charge in [0.05, 0.1) is 32.5 Å². The lowest BCUT2D eigenvalue weighted by Gasteiger charge is -2.17. The summed E-state index contributed by atoms with van der Waals surface area (Å²) in [4.78, 5) is 78.2. The van der Waals surface area contributed by atoms with Crippen molar-refractivity contribution in [2.24, 2.45) is 20.5 Å². The lowest BCUT2D eigenvalue weighted by molar-refractivity contribution is -0.127. The second-order valence-corrected chi connectivity index (χ2v) is 16.0. The average molecular weight is 945 g/mol. The van der Waals surface area contributed by atoms with E-state index >= 15 is 0 Å². The third-order valence-corrected chi connectivity index (χ3v) is 10.5. The van der Waals surface area contributed by atoms with Crippen LogP contribution >= 0.6 is 46.4 Å². The number of halogens is 4. The Labute approximate surface area is 389 Å². The van der Waals surface area contributed by atoms with Gasteiger partial charge in [0.25, 0.3) is 23.6 Å². The number of Topliss-reactive ketones (excluding diaryl/α,β-unsaturated/α-hetero) is 2. The van der Waals surface area contributed by atoms with E-state index < -0.39 is 47.3 Å².